The average molecular weight is 322 g/mol. The fraction of sp³-hybridized carbons (Fsp3) is 0.417. The third kappa shape index (κ3) is 6.33. The minimum absolute atomic E-state index is 0. The summed E-state index contributed by atoms with van der Waals surface area (Å²) in [4.78, 5) is 11.0. The number of sulfonamides is 1. The minimum atomic E-state index is -3.48. The van der Waals surface area contributed by atoms with E-state index in [0.717, 1.165) is 13.0 Å². The molecule has 0 aromatic heterocycles. The molecule has 0 bridgehead atoms. The van der Waals surface area contributed by atoms with Crippen LogP contribution in [-0.2, 0) is 14.8 Å². The van der Waals surface area contributed by atoms with Gasteiger partial charge in [0.25, 0.3) is 0 Å². The second-order valence-corrected chi connectivity index (χ2v) is 5.83. The highest BCUT2D eigenvalue weighted by Crippen LogP contribution is 2.13. The highest BCUT2D eigenvalue weighted by Gasteiger charge is 2.12. The number of carbonyl (C=O) groups is 1. The van der Waals surface area contributed by atoms with Crippen LogP contribution < -0.4 is 15.4 Å². The van der Waals surface area contributed by atoms with Gasteiger partial charge in [-0.2, -0.15) is 0 Å². The predicted molar refractivity (Wildman–Crippen MR) is 81.7 cm³/mol. The maximum absolute atomic E-state index is 11.9. The summed E-state index contributed by atoms with van der Waals surface area (Å²) in [6.45, 7) is 2.54. The molecular formula is C12H20ClN3O3S. The zero-order valence-electron chi connectivity index (χ0n) is 11.5. The monoisotopic (exact) mass is 321 g/mol. The lowest BCUT2D eigenvalue weighted by atomic mass is 10.3. The van der Waals surface area contributed by atoms with Crippen LogP contribution in [0.4, 0.5) is 5.69 Å². The van der Waals surface area contributed by atoms with E-state index >= 15 is 0 Å². The third-order valence-electron chi connectivity index (χ3n) is 2.38. The normalized spacial score (nSPS) is 10.7. The van der Waals surface area contributed by atoms with Gasteiger partial charge in [0.05, 0.1) is 4.90 Å². The Morgan fingerprint density at radius 3 is 2.25 bits per heavy atom. The van der Waals surface area contributed by atoms with Crippen molar-refractivity contribution in [1.29, 1.82) is 0 Å². The van der Waals surface area contributed by atoms with E-state index in [4.69, 9.17) is 0 Å². The molecule has 6 nitrogen and oxygen atoms in total. The van der Waals surface area contributed by atoms with Crippen LogP contribution in [-0.4, -0.2) is 34.5 Å². The van der Waals surface area contributed by atoms with Crippen LogP contribution in [0.3, 0.4) is 0 Å². The van der Waals surface area contributed by atoms with Gasteiger partial charge in [-0.3, -0.25) is 4.79 Å². The largest absolute Gasteiger partial charge is 0.326 e. The summed E-state index contributed by atoms with van der Waals surface area (Å²) in [5, 5.41) is 5.53. The van der Waals surface area contributed by atoms with Crippen LogP contribution in [0.25, 0.3) is 0 Å². The van der Waals surface area contributed by atoms with E-state index in [1.54, 1.807) is 12.1 Å². The maximum Gasteiger partial charge on any atom is 0.240 e. The first kappa shape index (κ1) is 18.9. The lowest BCUT2D eigenvalue weighted by molar-refractivity contribution is -0.114. The highest BCUT2D eigenvalue weighted by molar-refractivity contribution is 7.89. The Morgan fingerprint density at radius 1 is 1.15 bits per heavy atom. The van der Waals surface area contributed by atoms with Crippen molar-refractivity contribution in [1.82, 2.24) is 10.0 Å². The summed E-state index contributed by atoms with van der Waals surface area (Å²) < 4.78 is 26.3. The molecule has 8 heteroatoms. The molecule has 0 radical (unpaired) electrons. The van der Waals surface area contributed by atoms with Gasteiger partial charge in [-0.25, -0.2) is 13.1 Å². The quantitative estimate of drug-likeness (QED) is 0.653. The van der Waals surface area contributed by atoms with E-state index in [2.05, 4.69) is 15.4 Å². The van der Waals surface area contributed by atoms with Crippen LogP contribution in [0.1, 0.15) is 13.3 Å². The molecule has 114 valence electrons. The number of halogens is 1. The van der Waals surface area contributed by atoms with Crippen LogP contribution in [0.5, 0.6) is 0 Å². The first-order valence-electron chi connectivity index (χ1n) is 5.97. The van der Waals surface area contributed by atoms with E-state index in [9.17, 15) is 13.2 Å². The minimum Gasteiger partial charge on any atom is -0.326 e. The van der Waals surface area contributed by atoms with Crippen molar-refractivity contribution >= 4 is 34.0 Å². The second kappa shape index (κ2) is 8.91. The molecule has 0 atom stereocenters. The SMILES string of the molecule is CNCCCNS(=O)(=O)c1ccc(NC(C)=O)cc1.Cl. The van der Waals surface area contributed by atoms with Crippen molar-refractivity contribution in [2.24, 2.45) is 0 Å². The number of amides is 1. The van der Waals surface area contributed by atoms with Gasteiger partial charge in [-0.05, 0) is 44.3 Å². The average Bonchev–Trinajstić information content (AvgIpc) is 2.35. The number of benzene rings is 1. The number of hydrogen-bond acceptors (Lipinski definition) is 4. The molecule has 1 amide bonds. The molecule has 1 rings (SSSR count). The first-order chi connectivity index (χ1) is 8.95. The van der Waals surface area contributed by atoms with Gasteiger partial charge in [0.2, 0.25) is 15.9 Å². The molecular weight excluding hydrogens is 302 g/mol. The van der Waals surface area contributed by atoms with Crippen molar-refractivity contribution in [3.63, 3.8) is 0 Å². The van der Waals surface area contributed by atoms with Crippen LogP contribution in [0.15, 0.2) is 29.2 Å². The fourth-order valence-electron chi connectivity index (χ4n) is 1.48. The van der Waals surface area contributed by atoms with Gasteiger partial charge < -0.3 is 10.6 Å². The second-order valence-electron chi connectivity index (χ2n) is 4.06. The molecule has 0 unspecified atom stereocenters. The molecule has 0 spiro atoms. The smallest absolute Gasteiger partial charge is 0.240 e. The van der Waals surface area contributed by atoms with E-state index in [0.29, 0.717) is 12.2 Å². The van der Waals surface area contributed by atoms with Crippen molar-refractivity contribution < 1.29 is 13.2 Å². The number of carbonyl (C=O) groups excluding carboxylic acids is 1. The molecule has 20 heavy (non-hydrogen) atoms. The van der Waals surface area contributed by atoms with Gasteiger partial charge >= 0.3 is 0 Å². The highest BCUT2D eigenvalue weighted by atomic mass is 35.5. The summed E-state index contributed by atoms with van der Waals surface area (Å²) >= 11 is 0. The van der Waals surface area contributed by atoms with Crippen molar-refractivity contribution in [2.45, 2.75) is 18.2 Å². The van der Waals surface area contributed by atoms with Crippen molar-refractivity contribution in [3.05, 3.63) is 24.3 Å². The number of anilines is 1. The van der Waals surface area contributed by atoms with Crippen molar-refractivity contribution in [2.75, 3.05) is 25.5 Å². The van der Waals surface area contributed by atoms with E-state index < -0.39 is 10.0 Å². The molecule has 0 aliphatic rings. The van der Waals surface area contributed by atoms with E-state index in [1.165, 1.54) is 19.1 Å². The third-order valence-corrected chi connectivity index (χ3v) is 3.86. The van der Waals surface area contributed by atoms with Gasteiger partial charge in [-0.1, -0.05) is 0 Å². The molecule has 1 aromatic carbocycles. The summed E-state index contributed by atoms with van der Waals surface area (Å²) in [6, 6.07) is 6.05. The molecule has 0 aliphatic heterocycles. The summed E-state index contributed by atoms with van der Waals surface area (Å²) in [5.41, 5.74) is 0.571. The summed E-state index contributed by atoms with van der Waals surface area (Å²) in [5.74, 6) is -0.194. The number of rotatable bonds is 7. The Morgan fingerprint density at radius 2 is 1.75 bits per heavy atom. The molecule has 0 saturated carbocycles. The summed E-state index contributed by atoms with van der Waals surface area (Å²) in [6.07, 6.45) is 0.722. The molecule has 0 saturated heterocycles. The summed E-state index contributed by atoms with van der Waals surface area (Å²) in [7, 11) is -1.66. The van der Waals surface area contributed by atoms with Gasteiger partial charge in [0.15, 0.2) is 0 Å². The molecule has 3 N–H and O–H groups in total. The van der Waals surface area contributed by atoms with Crippen LogP contribution in [0, 0.1) is 0 Å². The van der Waals surface area contributed by atoms with Gasteiger partial charge in [0.1, 0.15) is 0 Å². The zero-order valence-corrected chi connectivity index (χ0v) is 13.1. The lowest BCUT2D eigenvalue weighted by Gasteiger charge is -2.07. The van der Waals surface area contributed by atoms with Crippen LogP contribution in [0.2, 0.25) is 0 Å². The van der Waals surface area contributed by atoms with Crippen molar-refractivity contribution in [3.8, 4) is 0 Å². The van der Waals surface area contributed by atoms with Gasteiger partial charge in [-0.15, -0.1) is 12.4 Å². The Bertz CT molecular complexity index is 517. The number of hydrogen-bond donors (Lipinski definition) is 3. The lowest BCUT2D eigenvalue weighted by Crippen LogP contribution is -2.26. The zero-order chi connectivity index (χ0) is 14.3. The van der Waals surface area contributed by atoms with E-state index in [-0.39, 0.29) is 23.2 Å². The Hall–Kier alpha value is -1.15. The molecule has 0 aliphatic carbocycles. The Balaban J connectivity index is 0.00000361. The Kier molecular flexibility index (Phi) is 8.40. The number of nitrogens with one attached hydrogen (secondary N) is 3. The van der Waals surface area contributed by atoms with E-state index in [1.807, 2.05) is 7.05 Å². The van der Waals surface area contributed by atoms with Gasteiger partial charge in [0, 0.05) is 19.2 Å². The van der Waals surface area contributed by atoms with Crippen LogP contribution >= 0.6 is 12.4 Å². The molecule has 0 heterocycles. The maximum atomic E-state index is 11.9. The molecule has 1 aromatic rings. The first-order valence-corrected chi connectivity index (χ1v) is 7.46. The predicted octanol–water partition coefficient (Wildman–Crippen LogP) is 0.955. The molecule has 0 fully saturated rings. The Labute approximate surface area is 125 Å². The fourth-order valence-corrected chi connectivity index (χ4v) is 2.55. The topological polar surface area (TPSA) is 87.3 Å². The standard InChI is InChI=1S/C12H19N3O3S.ClH/c1-10(16)15-11-4-6-12(7-5-11)19(17,18)14-9-3-8-13-2;/h4-7,13-14H,3,8-9H2,1-2H3,(H,15,16);1H.